The molecule has 90 valence electrons. The van der Waals surface area contributed by atoms with E-state index in [0.29, 0.717) is 0 Å². The molecule has 0 bridgehead atoms. The van der Waals surface area contributed by atoms with E-state index in [1.165, 1.54) is 0 Å². The number of nitrogens with zero attached hydrogens (tertiary/aromatic N) is 2. The number of aliphatic hydroxyl groups excluding tert-OH is 1. The number of hydrogen-bond donors (Lipinski definition) is 1. The van der Waals surface area contributed by atoms with Crippen molar-refractivity contribution in [2.45, 2.75) is 25.6 Å². The standard InChI is InChI=1S/C11H24N2O2/c1-11(2)9-13(6-5-12(3)4)7-10(8-14)15-11/h10,14H,5-9H2,1-4H3. The zero-order valence-electron chi connectivity index (χ0n) is 10.4. The Labute approximate surface area is 92.8 Å². The van der Waals surface area contributed by atoms with E-state index >= 15 is 0 Å². The molecule has 0 aromatic carbocycles. The lowest BCUT2D eigenvalue weighted by Crippen LogP contribution is -2.54. The largest absolute Gasteiger partial charge is 0.394 e. The van der Waals surface area contributed by atoms with Gasteiger partial charge in [0.05, 0.1) is 18.3 Å². The highest BCUT2D eigenvalue weighted by Crippen LogP contribution is 2.20. The highest BCUT2D eigenvalue weighted by Gasteiger charge is 2.32. The van der Waals surface area contributed by atoms with Gasteiger partial charge in [-0.05, 0) is 27.9 Å². The number of hydrogen-bond acceptors (Lipinski definition) is 4. The van der Waals surface area contributed by atoms with E-state index in [9.17, 15) is 0 Å². The Balaban J connectivity index is 2.43. The maximum Gasteiger partial charge on any atom is 0.0940 e. The van der Waals surface area contributed by atoms with Crippen LogP contribution in [0.2, 0.25) is 0 Å². The molecule has 4 nitrogen and oxygen atoms in total. The molecule has 0 saturated carbocycles. The highest BCUT2D eigenvalue weighted by molar-refractivity contribution is 4.84. The minimum absolute atomic E-state index is 0.0316. The lowest BCUT2D eigenvalue weighted by atomic mass is 10.1. The Morgan fingerprint density at radius 1 is 1.47 bits per heavy atom. The molecule has 0 aliphatic carbocycles. The van der Waals surface area contributed by atoms with Crippen molar-refractivity contribution in [1.82, 2.24) is 9.80 Å². The van der Waals surface area contributed by atoms with Crippen molar-refractivity contribution in [2.75, 3.05) is 46.9 Å². The van der Waals surface area contributed by atoms with E-state index in [0.717, 1.165) is 26.2 Å². The summed E-state index contributed by atoms with van der Waals surface area (Å²) in [6, 6.07) is 0. The molecule has 1 saturated heterocycles. The zero-order chi connectivity index (χ0) is 11.5. The Morgan fingerprint density at radius 2 is 2.13 bits per heavy atom. The minimum atomic E-state index is -0.141. The first-order valence-electron chi connectivity index (χ1n) is 5.59. The van der Waals surface area contributed by atoms with Gasteiger partial charge in [0, 0.05) is 26.2 Å². The number of likely N-dealkylation sites (N-methyl/N-ethyl adjacent to an activating group) is 1. The van der Waals surface area contributed by atoms with Gasteiger partial charge in [0.25, 0.3) is 0 Å². The molecular weight excluding hydrogens is 192 g/mol. The first-order chi connectivity index (χ1) is 6.93. The van der Waals surface area contributed by atoms with Gasteiger partial charge >= 0.3 is 0 Å². The summed E-state index contributed by atoms with van der Waals surface area (Å²) in [6.45, 7) is 8.15. The fraction of sp³-hybridized carbons (Fsp3) is 1.00. The van der Waals surface area contributed by atoms with Crippen molar-refractivity contribution in [2.24, 2.45) is 0 Å². The quantitative estimate of drug-likeness (QED) is 0.719. The first-order valence-corrected chi connectivity index (χ1v) is 5.59. The lowest BCUT2D eigenvalue weighted by molar-refractivity contribution is -0.149. The van der Waals surface area contributed by atoms with Crippen LogP contribution in [0.3, 0.4) is 0 Å². The highest BCUT2D eigenvalue weighted by atomic mass is 16.5. The second-order valence-corrected chi connectivity index (χ2v) is 5.22. The Morgan fingerprint density at radius 3 is 2.67 bits per heavy atom. The summed E-state index contributed by atoms with van der Waals surface area (Å²) in [4.78, 5) is 4.54. The molecule has 0 aromatic rings. The van der Waals surface area contributed by atoms with E-state index in [-0.39, 0.29) is 18.3 Å². The molecule has 1 aliphatic rings. The average molecular weight is 216 g/mol. The predicted octanol–water partition coefficient (Wildman–Crippen LogP) is 0.0197. The van der Waals surface area contributed by atoms with Crippen LogP contribution < -0.4 is 0 Å². The van der Waals surface area contributed by atoms with Crippen LogP contribution in [0.4, 0.5) is 0 Å². The predicted molar refractivity (Wildman–Crippen MR) is 61.0 cm³/mol. The fourth-order valence-corrected chi connectivity index (χ4v) is 2.02. The second kappa shape index (κ2) is 5.25. The van der Waals surface area contributed by atoms with Gasteiger partial charge in [-0.1, -0.05) is 0 Å². The molecule has 0 spiro atoms. The molecule has 15 heavy (non-hydrogen) atoms. The fourth-order valence-electron chi connectivity index (χ4n) is 2.02. The van der Waals surface area contributed by atoms with Crippen molar-refractivity contribution in [3.8, 4) is 0 Å². The van der Waals surface area contributed by atoms with Crippen molar-refractivity contribution < 1.29 is 9.84 Å². The summed E-state index contributed by atoms with van der Waals surface area (Å²) >= 11 is 0. The van der Waals surface area contributed by atoms with E-state index < -0.39 is 0 Å². The zero-order valence-corrected chi connectivity index (χ0v) is 10.4. The molecule has 1 fully saturated rings. The normalized spacial score (nSPS) is 27.2. The van der Waals surface area contributed by atoms with Gasteiger partial charge in [-0.3, -0.25) is 4.90 Å². The van der Waals surface area contributed by atoms with Crippen molar-refractivity contribution in [1.29, 1.82) is 0 Å². The summed E-state index contributed by atoms with van der Waals surface area (Å²) in [7, 11) is 4.16. The SMILES string of the molecule is CN(C)CCN1CC(CO)OC(C)(C)C1. The molecule has 0 aromatic heterocycles. The van der Waals surface area contributed by atoms with Gasteiger partial charge in [0.2, 0.25) is 0 Å². The van der Waals surface area contributed by atoms with E-state index in [4.69, 9.17) is 9.84 Å². The topological polar surface area (TPSA) is 35.9 Å². The average Bonchev–Trinajstić information content (AvgIpc) is 2.12. The first kappa shape index (κ1) is 12.9. The molecule has 1 N–H and O–H groups in total. The summed E-state index contributed by atoms with van der Waals surface area (Å²) < 4.78 is 5.75. The van der Waals surface area contributed by atoms with Gasteiger partial charge in [-0.2, -0.15) is 0 Å². The summed E-state index contributed by atoms with van der Waals surface area (Å²) in [5.74, 6) is 0. The minimum Gasteiger partial charge on any atom is -0.394 e. The number of ether oxygens (including phenoxy) is 1. The van der Waals surface area contributed by atoms with Crippen LogP contribution in [-0.4, -0.2) is 73.5 Å². The maximum absolute atomic E-state index is 9.16. The Kier molecular flexibility index (Phi) is 4.52. The van der Waals surface area contributed by atoms with E-state index in [1.807, 2.05) is 0 Å². The van der Waals surface area contributed by atoms with Crippen LogP contribution in [0.1, 0.15) is 13.8 Å². The van der Waals surface area contributed by atoms with Gasteiger partial charge in [-0.15, -0.1) is 0 Å². The van der Waals surface area contributed by atoms with E-state index in [1.54, 1.807) is 0 Å². The molecule has 0 radical (unpaired) electrons. The van der Waals surface area contributed by atoms with Gasteiger partial charge in [0.1, 0.15) is 0 Å². The van der Waals surface area contributed by atoms with Crippen molar-refractivity contribution >= 4 is 0 Å². The van der Waals surface area contributed by atoms with Crippen LogP contribution >= 0.6 is 0 Å². The van der Waals surface area contributed by atoms with Crippen molar-refractivity contribution in [3.05, 3.63) is 0 Å². The van der Waals surface area contributed by atoms with Crippen LogP contribution in [-0.2, 0) is 4.74 Å². The Hall–Kier alpha value is -0.160. The number of rotatable bonds is 4. The third-order valence-corrected chi connectivity index (χ3v) is 2.62. The van der Waals surface area contributed by atoms with Crippen molar-refractivity contribution in [3.63, 3.8) is 0 Å². The molecule has 1 rings (SSSR count). The number of aliphatic hydroxyl groups is 1. The summed E-state index contributed by atoms with van der Waals surface area (Å²) in [6.07, 6.45) is -0.0316. The maximum atomic E-state index is 9.16. The molecule has 0 amide bonds. The molecular formula is C11H24N2O2. The van der Waals surface area contributed by atoms with Crippen LogP contribution in [0.5, 0.6) is 0 Å². The third-order valence-electron chi connectivity index (χ3n) is 2.62. The molecule has 1 unspecified atom stereocenters. The third kappa shape index (κ3) is 4.47. The Bertz CT molecular complexity index is 195. The summed E-state index contributed by atoms with van der Waals surface area (Å²) in [5.41, 5.74) is -0.141. The van der Waals surface area contributed by atoms with E-state index in [2.05, 4.69) is 37.7 Å². The molecule has 1 aliphatic heterocycles. The second-order valence-electron chi connectivity index (χ2n) is 5.22. The van der Waals surface area contributed by atoms with Crippen LogP contribution in [0, 0.1) is 0 Å². The smallest absolute Gasteiger partial charge is 0.0940 e. The number of morpholine rings is 1. The van der Waals surface area contributed by atoms with Gasteiger partial charge < -0.3 is 14.7 Å². The lowest BCUT2D eigenvalue weighted by Gasteiger charge is -2.42. The summed E-state index contributed by atoms with van der Waals surface area (Å²) in [5, 5.41) is 9.16. The molecule has 1 atom stereocenters. The van der Waals surface area contributed by atoms with Crippen LogP contribution in [0.25, 0.3) is 0 Å². The van der Waals surface area contributed by atoms with Crippen LogP contribution in [0.15, 0.2) is 0 Å². The van der Waals surface area contributed by atoms with Gasteiger partial charge in [-0.25, -0.2) is 0 Å². The van der Waals surface area contributed by atoms with Gasteiger partial charge in [0.15, 0.2) is 0 Å². The molecule has 1 heterocycles. The monoisotopic (exact) mass is 216 g/mol. The molecule has 4 heteroatoms.